The van der Waals surface area contributed by atoms with Crippen molar-refractivity contribution >= 4 is 5.69 Å². The van der Waals surface area contributed by atoms with Gasteiger partial charge >= 0.3 is 0 Å². The summed E-state index contributed by atoms with van der Waals surface area (Å²) in [5.41, 5.74) is 5.78. The van der Waals surface area contributed by atoms with Crippen LogP contribution in [0.25, 0.3) is 0 Å². The minimum absolute atomic E-state index is 0.144. The van der Waals surface area contributed by atoms with E-state index in [9.17, 15) is 4.39 Å². The molecule has 0 N–H and O–H groups in total. The maximum absolute atomic E-state index is 13.1. The highest BCUT2D eigenvalue weighted by atomic mass is 19.1. The predicted octanol–water partition coefficient (Wildman–Crippen LogP) is 4.88. The molecular formula is C27H36FN3. The number of hydrogen-bond acceptors (Lipinski definition) is 3. The average molecular weight is 422 g/mol. The van der Waals surface area contributed by atoms with Gasteiger partial charge in [0.05, 0.1) is 0 Å². The van der Waals surface area contributed by atoms with Crippen LogP contribution in [0.2, 0.25) is 0 Å². The summed E-state index contributed by atoms with van der Waals surface area (Å²) >= 11 is 0. The van der Waals surface area contributed by atoms with Crippen LogP contribution in [-0.4, -0.2) is 55.1 Å². The van der Waals surface area contributed by atoms with Crippen LogP contribution < -0.4 is 4.90 Å². The predicted molar refractivity (Wildman–Crippen MR) is 126 cm³/mol. The third-order valence-electron chi connectivity index (χ3n) is 7.56. The van der Waals surface area contributed by atoms with Crippen molar-refractivity contribution in [2.45, 2.75) is 57.5 Å². The van der Waals surface area contributed by atoms with Crippen molar-refractivity contribution in [3.8, 4) is 0 Å². The Morgan fingerprint density at radius 3 is 2.29 bits per heavy atom. The SMILES string of the molecule is Fc1ccc(CCN2CCC(N3CCc4ccc(CN5CCCCC5)cc43)CC2)cc1. The molecule has 4 heteroatoms. The van der Waals surface area contributed by atoms with E-state index in [2.05, 4.69) is 32.9 Å². The Morgan fingerprint density at radius 1 is 0.774 bits per heavy atom. The van der Waals surface area contributed by atoms with Gasteiger partial charge < -0.3 is 9.80 Å². The van der Waals surface area contributed by atoms with Gasteiger partial charge in [0.2, 0.25) is 0 Å². The van der Waals surface area contributed by atoms with E-state index in [0.717, 1.165) is 19.5 Å². The third kappa shape index (κ3) is 5.12. The highest BCUT2D eigenvalue weighted by Crippen LogP contribution is 2.34. The van der Waals surface area contributed by atoms with E-state index in [1.807, 2.05) is 12.1 Å². The number of anilines is 1. The highest BCUT2D eigenvalue weighted by molar-refractivity contribution is 5.60. The molecule has 2 saturated heterocycles. The molecule has 0 radical (unpaired) electrons. The van der Waals surface area contributed by atoms with E-state index in [1.54, 1.807) is 17.7 Å². The first-order chi connectivity index (χ1) is 15.2. The van der Waals surface area contributed by atoms with Crippen molar-refractivity contribution < 1.29 is 4.39 Å². The minimum atomic E-state index is -0.144. The van der Waals surface area contributed by atoms with Crippen LogP contribution in [-0.2, 0) is 19.4 Å². The van der Waals surface area contributed by atoms with Crippen LogP contribution in [0.5, 0.6) is 0 Å². The summed E-state index contributed by atoms with van der Waals surface area (Å²) in [6, 6.07) is 14.9. The topological polar surface area (TPSA) is 9.72 Å². The highest BCUT2D eigenvalue weighted by Gasteiger charge is 2.29. The first-order valence-corrected chi connectivity index (χ1v) is 12.3. The lowest BCUT2D eigenvalue weighted by molar-refractivity contribution is 0.212. The number of fused-ring (bicyclic) bond motifs is 1. The molecule has 2 aromatic carbocycles. The van der Waals surface area contributed by atoms with E-state index in [1.165, 1.54) is 88.1 Å². The van der Waals surface area contributed by atoms with Crippen molar-refractivity contribution in [3.05, 3.63) is 65.0 Å². The largest absolute Gasteiger partial charge is 0.368 e. The quantitative estimate of drug-likeness (QED) is 0.658. The molecule has 31 heavy (non-hydrogen) atoms. The number of benzene rings is 2. The fourth-order valence-electron chi connectivity index (χ4n) is 5.70. The summed E-state index contributed by atoms with van der Waals surface area (Å²) in [6.07, 6.45) is 8.82. The second kappa shape index (κ2) is 9.70. The summed E-state index contributed by atoms with van der Waals surface area (Å²) in [5, 5.41) is 0. The molecule has 3 nitrogen and oxygen atoms in total. The Morgan fingerprint density at radius 2 is 1.52 bits per heavy atom. The molecule has 0 aliphatic carbocycles. The molecule has 0 unspecified atom stereocenters. The fourth-order valence-corrected chi connectivity index (χ4v) is 5.70. The molecule has 2 fully saturated rings. The minimum Gasteiger partial charge on any atom is -0.368 e. The van der Waals surface area contributed by atoms with Crippen molar-refractivity contribution in [2.75, 3.05) is 44.2 Å². The molecule has 3 aliphatic heterocycles. The molecule has 3 heterocycles. The Labute approximate surface area is 186 Å². The Bertz CT molecular complexity index is 851. The van der Waals surface area contributed by atoms with Crippen LogP contribution in [0, 0.1) is 5.82 Å². The zero-order chi connectivity index (χ0) is 21.0. The smallest absolute Gasteiger partial charge is 0.123 e. The van der Waals surface area contributed by atoms with E-state index in [-0.39, 0.29) is 5.82 Å². The van der Waals surface area contributed by atoms with E-state index >= 15 is 0 Å². The molecule has 0 amide bonds. The number of piperidine rings is 2. The molecule has 0 aromatic heterocycles. The van der Waals surface area contributed by atoms with Gasteiger partial charge in [-0.05, 0) is 86.5 Å². The molecule has 0 bridgehead atoms. The van der Waals surface area contributed by atoms with Crippen molar-refractivity contribution in [3.63, 3.8) is 0 Å². The third-order valence-corrected chi connectivity index (χ3v) is 7.56. The van der Waals surface area contributed by atoms with Crippen molar-refractivity contribution in [1.29, 1.82) is 0 Å². The Balaban J connectivity index is 1.15. The molecule has 0 saturated carbocycles. The lowest BCUT2D eigenvalue weighted by Gasteiger charge is -2.38. The van der Waals surface area contributed by atoms with Crippen LogP contribution >= 0.6 is 0 Å². The lowest BCUT2D eigenvalue weighted by Crippen LogP contribution is -2.45. The number of rotatable bonds is 6. The zero-order valence-electron chi connectivity index (χ0n) is 18.7. The van der Waals surface area contributed by atoms with Crippen molar-refractivity contribution in [1.82, 2.24) is 9.80 Å². The molecule has 2 aromatic rings. The van der Waals surface area contributed by atoms with E-state index in [0.29, 0.717) is 6.04 Å². The molecule has 166 valence electrons. The van der Waals surface area contributed by atoms with Crippen LogP contribution in [0.3, 0.4) is 0 Å². The van der Waals surface area contributed by atoms with Crippen molar-refractivity contribution in [2.24, 2.45) is 0 Å². The van der Waals surface area contributed by atoms with Gasteiger partial charge in [-0.1, -0.05) is 30.7 Å². The second-order valence-corrected chi connectivity index (χ2v) is 9.69. The van der Waals surface area contributed by atoms with Gasteiger partial charge in [0, 0.05) is 44.5 Å². The molecule has 3 aliphatic rings. The number of halogens is 1. The normalized spacial score (nSPS) is 20.9. The van der Waals surface area contributed by atoms with Gasteiger partial charge in [0.25, 0.3) is 0 Å². The van der Waals surface area contributed by atoms with E-state index < -0.39 is 0 Å². The summed E-state index contributed by atoms with van der Waals surface area (Å²) in [5.74, 6) is -0.144. The number of hydrogen-bond donors (Lipinski definition) is 0. The van der Waals surface area contributed by atoms with Gasteiger partial charge in [-0.2, -0.15) is 0 Å². The van der Waals surface area contributed by atoms with Gasteiger partial charge in [-0.3, -0.25) is 4.90 Å². The summed E-state index contributed by atoms with van der Waals surface area (Å²) < 4.78 is 13.1. The lowest BCUT2D eigenvalue weighted by atomic mass is 10.0. The Hall–Kier alpha value is -1.91. The molecule has 5 rings (SSSR count). The summed E-state index contributed by atoms with van der Waals surface area (Å²) in [4.78, 5) is 7.93. The summed E-state index contributed by atoms with van der Waals surface area (Å²) in [6.45, 7) is 8.24. The van der Waals surface area contributed by atoms with Gasteiger partial charge in [-0.15, -0.1) is 0 Å². The molecular weight excluding hydrogens is 385 g/mol. The van der Waals surface area contributed by atoms with Gasteiger partial charge in [0.15, 0.2) is 0 Å². The number of nitrogens with zero attached hydrogens (tertiary/aromatic N) is 3. The maximum Gasteiger partial charge on any atom is 0.123 e. The maximum atomic E-state index is 13.1. The Kier molecular flexibility index (Phi) is 6.56. The summed E-state index contributed by atoms with van der Waals surface area (Å²) in [7, 11) is 0. The second-order valence-electron chi connectivity index (χ2n) is 9.69. The van der Waals surface area contributed by atoms with Crippen LogP contribution in [0.1, 0.15) is 48.8 Å². The first-order valence-electron chi connectivity index (χ1n) is 12.3. The number of likely N-dealkylation sites (tertiary alicyclic amines) is 2. The monoisotopic (exact) mass is 421 g/mol. The van der Waals surface area contributed by atoms with Gasteiger partial charge in [0.1, 0.15) is 5.82 Å². The standard InChI is InChI=1S/C27H36FN3/c28-25-8-5-22(6-9-25)10-16-29-17-12-26(13-18-29)31-19-11-24-7-4-23(20-27(24)31)21-30-14-2-1-3-15-30/h4-9,20,26H,1-3,10-19,21H2. The van der Waals surface area contributed by atoms with Gasteiger partial charge in [-0.25, -0.2) is 4.39 Å². The first kappa shape index (κ1) is 21.0. The van der Waals surface area contributed by atoms with Crippen LogP contribution in [0.4, 0.5) is 10.1 Å². The fraction of sp³-hybridized carbons (Fsp3) is 0.556. The van der Waals surface area contributed by atoms with Crippen LogP contribution in [0.15, 0.2) is 42.5 Å². The molecule has 0 atom stereocenters. The zero-order valence-corrected chi connectivity index (χ0v) is 18.7. The average Bonchev–Trinajstić information content (AvgIpc) is 3.23. The molecule has 0 spiro atoms. The van der Waals surface area contributed by atoms with E-state index in [4.69, 9.17) is 0 Å².